The number of pyridine rings is 1. The van der Waals surface area contributed by atoms with E-state index in [1.165, 1.54) is 12.8 Å². The topological polar surface area (TPSA) is 96.0 Å². The number of aryl methyl sites for hydroxylation is 1. The quantitative estimate of drug-likeness (QED) is 0.270. The third kappa shape index (κ3) is 4.50. The molecule has 3 fully saturated rings. The summed E-state index contributed by atoms with van der Waals surface area (Å²) in [6, 6.07) is 12.3. The van der Waals surface area contributed by atoms with E-state index in [4.69, 9.17) is 19.7 Å². The molecule has 43 heavy (non-hydrogen) atoms. The van der Waals surface area contributed by atoms with Gasteiger partial charge in [0.15, 0.2) is 11.6 Å². The van der Waals surface area contributed by atoms with E-state index >= 15 is 4.39 Å². The molecule has 3 aliphatic rings. The van der Waals surface area contributed by atoms with Crippen molar-refractivity contribution >= 4 is 27.5 Å². The number of anilines is 1. The SMILES string of the molecule is Cc1cccc2cccc(-c3ncc4c(N5CCCC(c6nc[nH]n6)C5)nc(OCC56CCCN5CCC6)nc4c3F)c12. The van der Waals surface area contributed by atoms with Crippen molar-refractivity contribution in [3.8, 4) is 17.3 Å². The summed E-state index contributed by atoms with van der Waals surface area (Å²) in [5.41, 5.74) is 2.39. The van der Waals surface area contributed by atoms with Gasteiger partial charge < -0.3 is 9.64 Å². The Hall–Kier alpha value is -4.18. The molecule has 1 atom stereocenters. The van der Waals surface area contributed by atoms with Crippen molar-refractivity contribution in [3.63, 3.8) is 0 Å². The minimum atomic E-state index is -0.453. The summed E-state index contributed by atoms with van der Waals surface area (Å²) in [5, 5.41) is 9.81. The van der Waals surface area contributed by atoms with Gasteiger partial charge in [0.2, 0.25) is 0 Å². The Morgan fingerprint density at radius 1 is 1.02 bits per heavy atom. The third-order valence-corrected chi connectivity index (χ3v) is 9.81. The maximum atomic E-state index is 16.7. The van der Waals surface area contributed by atoms with Crippen LogP contribution in [0.4, 0.5) is 10.2 Å². The maximum Gasteiger partial charge on any atom is 0.319 e. The third-order valence-electron chi connectivity index (χ3n) is 9.81. The predicted octanol–water partition coefficient (Wildman–Crippen LogP) is 5.80. The van der Waals surface area contributed by atoms with Crippen LogP contribution in [-0.4, -0.2) is 73.4 Å². The number of fused-ring (bicyclic) bond motifs is 3. The molecule has 0 bridgehead atoms. The van der Waals surface area contributed by atoms with Gasteiger partial charge in [-0.25, -0.2) is 9.37 Å². The first-order chi connectivity index (χ1) is 21.1. The molecule has 2 aromatic carbocycles. The average molecular weight is 579 g/mol. The van der Waals surface area contributed by atoms with Crippen LogP contribution >= 0.6 is 0 Å². The summed E-state index contributed by atoms with van der Waals surface area (Å²) < 4.78 is 23.2. The Labute approximate surface area is 249 Å². The van der Waals surface area contributed by atoms with Gasteiger partial charge >= 0.3 is 6.01 Å². The van der Waals surface area contributed by atoms with Gasteiger partial charge in [0.25, 0.3) is 0 Å². The molecule has 0 spiro atoms. The van der Waals surface area contributed by atoms with Gasteiger partial charge in [-0.3, -0.25) is 15.0 Å². The van der Waals surface area contributed by atoms with Crippen LogP contribution in [0.15, 0.2) is 48.9 Å². The second-order valence-electron chi connectivity index (χ2n) is 12.3. The van der Waals surface area contributed by atoms with Gasteiger partial charge in [0, 0.05) is 30.8 Å². The highest BCUT2D eigenvalue weighted by Gasteiger charge is 2.45. The highest BCUT2D eigenvalue weighted by Crippen LogP contribution is 2.40. The Bertz CT molecular complexity index is 1790. The Morgan fingerprint density at radius 2 is 1.86 bits per heavy atom. The second-order valence-corrected chi connectivity index (χ2v) is 12.3. The molecule has 1 N–H and O–H groups in total. The van der Waals surface area contributed by atoms with Crippen molar-refractivity contribution in [2.24, 2.45) is 0 Å². The van der Waals surface area contributed by atoms with Crippen molar-refractivity contribution in [2.75, 3.05) is 37.7 Å². The van der Waals surface area contributed by atoms with E-state index in [1.54, 1.807) is 12.5 Å². The first-order valence-electron chi connectivity index (χ1n) is 15.4. The zero-order chi connectivity index (χ0) is 29.0. The number of benzene rings is 2. The fourth-order valence-electron chi connectivity index (χ4n) is 7.70. The second kappa shape index (κ2) is 10.5. The van der Waals surface area contributed by atoms with Crippen molar-refractivity contribution < 1.29 is 9.13 Å². The number of nitrogens with one attached hydrogen (secondary N) is 1. The largest absolute Gasteiger partial charge is 0.461 e. The number of halogens is 1. The summed E-state index contributed by atoms with van der Waals surface area (Å²) in [6.45, 7) is 6.24. The summed E-state index contributed by atoms with van der Waals surface area (Å²) in [5.74, 6) is 1.14. The molecule has 3 aliphatic heterocycles. The van der Waals surface area contributed by atoms with E-state index in [0.29, 0.717) is 24.4 Å². The molecule has 6 heterocycles. The Kier molecular flexibility index (Phi) is 6.47. The molecule has 3 saturated heterocycles. The van der Waals surface area contributed by atoms with Crippen LogP contribution in [0.2, 0.25) is 0 Å². The number of hydrogen-bond donors (Lipinski definition) is 1. The van der Waals surface area contributed by atoms with Crippen molar-refractivity contribution in [3.05, 3.63) is 66.1 Å². The van der Waals surface area contributed by atoms with Crippen LogP contribution in [0.3, 0.4) is 0 Å². The molecule has 1 unspecified atom stereocenters. The van der Waals surface area contributed by atoms with Gasteiger partial charge in [-0.2, -0.15) is 15.1 Å². The highest BCUT2D eigenvalue weighted by molar-refractivity contribution is 6.00. The zero-order valence-corrected chi connectivity index (χ0v) is 24.4. The number of piperidine rings is 1. The van der Waals surface area contributed by atoms with E-state index < -0.39 is 5.82 Å². The molecule has 0 amide bonds. The lowest BCUT2D eigenvalue weighted by molar-refractivity contribution is 0.108. The number of aromatic amines is 1. The minimum absolute atomic E-state index is 0.0305. The van der Waals surface area contributed by atoms with Crippen molar-refractivity contribution in [2.45, 2.75) is 56.9 Å². The maximum absolute atomic E-state index is 16.7. The van der Waals surface area contributed by atoms with Gasteiger partial charge in [-0.1, -0.05) is 36.4 Å². The molecular weight excluding hydrogens is 543 g/mol. The molecular formula is C33H35FN8O. The molecule has 5 aromatic rings. The first-order valence-corrected chi connectivity index (χ1v) is 15.4. The Balaban J connectivity index is 1.24. The summed E-state index contributed by atoms with van der Waals surface area (Å²) in [7, 11) is 0. The summed E-state index contributed by atoms with van der Waals surface area (Å²) >= 11 is 0. The molecule has 220 valence electrons. The first kappa shape index (κ1) is 26.4. The van der Waals surface area contributed by atoms with E-state index in [-0.39, 0.29) is 28.7 Å². The van der Waals surface area contributed by atoms with Crippen molar-refractivity contribution in [1.29, 1.82) is 0 Å². The van der Waals surface area contributed by atoms with Gasteiger partial charge in [-0.05, 0) is 74.9 Å². The van der Waals surface area contributed by atoms with Crippen LogP contribution in [-0.2, 0) is 0 Å². The van der Waals surface area contributed by atoms with Crippen LogP contribution < -0.4 is 9.64 Å². The highest BCUT2D eigenvalue weighted by atomic mass is 19.1. The van der Waals surface area contributed by atoms with E-state index in [9.17, 15) is 0 Å². The minimum Gasteiger partial charge on any atom is -0.461 e. The standard InChI is InChI=1S/C33H35FN8O/c1-21-7-2-8-22-9-3-11-24(26(21)22)28-27(34)29-25(17-35-28)31(41-14-4-10-23(18-41)30-36-20-37-40-30)39-32(38-29)43-19-33-12-5-15-42(33)16-6-13-33/h2-3,7-9,11,17,20,23H,4-6,10,12-16,18-19H2,1H3,(H,36,37,40). The smallest absolute Gasteiger partial charge is 0.319 e. The lowest BCUT2D eigenvalue weighted by Gasteiger charge is -2.33. The number of ether oxygens (including phenoxy) is 1. The number of aromatic nitrogens is 6. The van der Waals surface area contributed by atoms with Gasteiger partial charge in [0.1, 0.15) is 30.0 Å². The fourth-order valence-corrected chi connectivity index (χ4v) is 7.70. The van der Waals surface area contributed by atoms with Crippen LogP contribution in [0.5, 0.6) is 6.01 Å². The van der Waals surface area contributed by atoms with E-state index in [0.717, 1.165) is 73.0 Å². The zero-order valence-electron chi connectivity index (χ0n) is 24.4. The van der Waals surface area contributed by atoms with E-state index in [2.05, 4.69) is 25.0 Å². The molecule has 0 aliphatic carbocycles. The lowest BCUT2D eigenvalue weighted by Crippen LogP contribution is -2.43. The van der Waals surface area contributed by atoms with E-state index in [1.807, 2.05) is 43.3 Å². The molecule has 10 heteroatoms. The Morgan fingerprint density at radius 3 is 2.67 bits per heavy atom. The normalized spacial score (nSPS) is 20.2. The number of H-pyrrole nitrogens is 1. The van der Waals surface area contributed by atoms with Crippen LogP contribution in [0.25, 0.3) is 32.9 Å². The number of nitrogens with zero attached hydrogens (tertiary/aromatic N) is 7. The predicted molar refractivity (Wildman–Crippen MR) is 164 cm³/mol. The number of rotatable bonds is 6. The molecule has 8 rings (SSSR count). The summed E-state index contributed by atoms with van der Waals surface area (Å²) in [4.78, 5) is 23.5. The molecule has 0 saturated carbocycles. The van der Waals surface area contributed by atoms with Crippen molar-refractivity contribution in [1.82, 2.24) is 35.0 Å². The van der Waals surface area contributed by atoms with Gasteiger partial charge in [0.05, 0.1) is 10.9 Å². The average Bonchev–Trinajstić information content (AvgIpc) is 3.79. The molecule has 3 aromatic heterocycles. The fraction of sp³-hybridized carbons (Fsp3) is 0.424. The van der Waals surface area contributed by atoms with Gasteiger partial charge in [-0.15, -0.1) is 0 Å². The van der Waals surface area contributed by atoms with Crippen LogP contribution in [0.1, 0.15) is 55.8 Å². The molecule has 0 radical (unpaired) electrons. The monoisotopic (exact) mass is 578 g/mol. The summed E-state index contributed by atoms with van der Waals surface area (Å²) in [6.07, 6.45) is 9.86. The molecule has 9 nitrogen and oxygen atoms in total. The van der Waals surface area contributed by atoms with Crippen LogP contribution in [0, 0.1) is 12.7 Å². The lowest BCUT2D eigenvalue weighted by atomic mass is 9.95. The number of hydrogen-bond acceptors (Lipinski definition) is 8.